The van der Waals surface area contributed by atoms with Crippen molar-refractivity contribution < 1.29 is 9.47 Å². The summed E-state index contributed by atoms with van der Waals surface area (Å²) in [5.41, 5.74) is 7.65. The first kappa shape index (κ1) is 24.8. The van der Waals surface area contributed by atoms with Crippen LogP contribution in [-0.2, 0) is 13.8 Å². The Morgan fingerprint density at radius 2 is 1.26 bits per heavy atom. The molecule has 0 saturated carbocycles. The predicted octanol–water partition coefficient (Wildman–Crippen LogP) is 10.3. The maximum absolute atomic E-state index is 6.70. The van der Waals surface area contributed by atoms with Gasteiger partial charge < -0.3 is 9.47 Å². The largest absolute Gasteiger partial charge is 0.344 e. The highest BCUT2D eigenvalue weighted by atomic mass is 79.9. The number of halogens is 1. The van der Waals surface area contributed by atoms with Crippen LogP contribution in [0.15, 0.2) is 121 Å². The second-order valence-electron chi connectivity index (χ2n) is 12.4. The Hall–Kier alpha value is -3.76. The molecular formula is C39H29BrO2. The van der Waals surface area contributed by atoms with E-state index in [0.29, 0.717) is 0 Å². The fourth-order valence-corrected chi connectivity index (χ4v) is 8.79. The molecule has 10 rings (SSSR count). The van der Waals surface area contributed by atoms with Crippen LogP contribution >= 0.6 is 15.9 Å². The van der Waals surface area contributed by atoms with Crippen LogP contribution in [0.4, 0.5) is 0 Å². The molecule has 6 aromatic rings. The lowest BCUT2D eigenvalue weighted by Gasteiger charge is -2.48. The third kappa shape index (κ3) is 3.33. The van der Waals surface area contributed by atoms with Crippen LogP contribution in [-0.4, -0.2) is 18.0 Å². The molecule has 2 bridgehead atoms. The Morgan fingerprint density at radius 3 is 2.02 bits per heavy atom. The number of rotatable bonds is 2. The van der Waals surface area contributed by atoms with Crippen molar-refractivity contribution in [1.29, 1.82) is 0 Å². The summed E-state index contributed by atoms with van der Waals surface area (Å²) in [6.45, 7) is 4.08. The van der Waals surface area contributed by atoms with E-state index in [1.807, 2.05) is 13.8 Å². The molecule has 0 aromatic heterocycles. The fourth-order valence-electron chi connectivity index (χ4n) is 7.87. The normalized spacial score (nSPS) is 25.3. The molecule has 0 amide bonds. The minimum Gasteiger partial charge on any atom is -0.344 e. The van der Waals surface area contributed by atoms with Gasteiger partial charge in [-0.2, -0.15) is 0 Å². The minimum atomic E-state index is -0.659. The van der Waals surface area contributed by atoms with Crippen molar-refractivity contribution in [2.75, 3.05) is 0 Å². The van der Waals surface area contributed by atoms with Crippen LogP contribution in [0.2, 0.25) is 0 Å². The fraction of sp³-hybridized carbons (Fsp3) is 0.179. The average molecular weight is 610 g/mol. The summed E-state index contributed by atoms with van der Waals surface area (Å²) in [5, 5.41) is 7.59. The van der Waals surface area contributed by atoms with Gasteiger partial charge in [0.15, 0.2) is 5.79 Å². The van der Waals surface area contributed by atoms with Crippen molar-refractivity contribution >= 4 is 48.2 Å². The lowest BCUT2D eigenvalue weighted by atomic mass is 9.63. The van der Waals surface area contributed by atoms with Gasteiger partial charge in [-0.05, 0) is 91.7 Å². The molecule has 4 aliphatic rings. The van der Waals surface area contributed by atoms with Crippen LogP contribution in [0.25, 0.3) is 54.6 Å². The summed E-state index contributed by atoms with van der Waals surface area (Å²) in [6, 6.07) is 39.9. The standard InChI is InChI=1S/C39H29BrO2/c1-38(2)41-36-28-19-20-39(40,37(36)42-38)35-33(25-14-7-4-8-15-25)31-22-29-26(18-17-23-11-9-10-16-27(23)29)21-30(31)32(34(28)35)24-12-5-3-6-13-24/h3-22,28,36-37H,1-2H3. The van der Waals surface area contributed by atoms with E-state index < -0.39 is 10.1 Å². The number of hydrogen-bond acceptors (Lipinski definition) is 2. The van der Waals surface area contributed by atoms with Crippen molar-refractivity contribution in [1.82, 2.24) is 0 Å². The van der Waals surface area contributed by atoms with Crippen LogP contribution in [0.5, 0.6) is 0 Å². The summed E-state index contributed by atoms with van der Waals surface area (Å²) in [5.74, 6) is -0.589. The molecule has 0 spiro atoms. The summed E-state index contributed by atoms with van der Waals surface area (Å²) in [6.07, 6.45) is 4.46. The zero-order valence-electron chi connectivity index (χ0n) is 23.5. The van der Waals surface area contributed by atoms with Gasteiger partial charge in [0.1, 0.15) is 6.10 Å². The van der Waals surface area contributed by atoms with Gasteiger partial charge in [-0.3, -0.25) is 0 Å². The van der Waals surface area contributed by atoms with Gasteiger partial charge in [-0.1, -0.05) is 125 Å². The van der Waals surface area contributed by atoms with Gasteiger partial charge in [0.2, 0.25) is 0 Å². The molecule has 3 heteroatoms. The Kier molecular flexibility index (Phi) is 5.10. The predicted molar refractivity (Wildman–Crippen MR) is 176 cm³/mol. The maximum Gasteiger partial charge on any atom is 0.163 e. The molecule has 4 atom stereocenters. The van der Waals surface area contributed by atoms with Crippen LogP contribution in [0.1, 0.15) is 30.9 Å². The van der Waals surface area contributed by atoms with Gasteiger partial charge in [-0.15, -0.1) is 0 Å². The number of alkyl halides is 1. The number of hydrogen-bond donors (Lipinski definition) is 0. The van der Waals surface area contributed by atoms with Gasteiger partial charge in [0.05, 0.1) is 10.4 Å². The van der Waals surface area contributed by atoms with E-state index in [9.17, 15) is 0 Å². The van der Waals surface area contributed by atoms with Crippen molar-refractivity contribution in [2.24, 2.45) is 0 Å². The highest BCUT2D eigenvalue weighted by Crippen LogP contribution is 2.63. The topological polar surface area (TPSA) is 18.5 Å². The minimum absolute atomic E-state index is 0.0700. The van der Waals surface area contributed by atoms with Crippen LogP contribution in [0.3, 0.4) is 0 Å². The van der Waals surface area contributed by atoms with Crippen LogP contribution in [0, 0.1) is 0 Å². The van der Waals surface area contributed by atoms with E-state index in [1.165, 1.54) is 65.7 Å². The monoisotopic (exact) mass is 608 g/mol. The molecule has 1 saturated heterocycles. The Morgan fingerprint density at radius 1 is 0.619 bits per heavy atom. The number of benzene rings is 6. The first-order chi connectivity index (χ1) is 20.4. The molecule has 0 N–H and O–H groups in total. The molecular weight excluding hydrogens is 580 g/mol. The highest BCUT2D eigenvalue weighted by Gasteiger charge is 2.61. The molecule has 6 aromatic carbocycles. The van der Waals surface area contributed by atoms with Gasteiger partial charge in [0.25, 0.3) is 0 Å². The lowest BCUT2D eigenvalue weighted by Crippen LogP contribution is -2.50. The molecule has 1 fully saturated rings. The van der Waals surface area contributed by atoms with E-state index in [4.69, 9.17) is 9.47 Å². The second-order valence-corrected chi connectivity index (χ2v) is 13.7. The zero-order chi connectivity index (χ0) is 28.2. The SMILES string of the molecule is CC1(C)OC2C3C=CC(Br)(c4c3c(-c3ccccc3)c3cc5ccc6ccccc6c5cc3c4-c3ccccc3)C2O1. The Labute approximate surface area is 253 Å². The highest BCUT2D eigenvalue weighted by molar-refractivity contribution is 9.09. The Bertz CT molecular complexity index is 2100. The smallest absolute Gasteiger partial charge is 0.163 e. The molecule has 4 unspecified atom stereocenters. The summed E-state index contributed by atoms with van der Waals surface area (Å²) in [4.78, 5) is 0. The Balaban J connectivity index is 1.51. The van der Waals surface area contributed by atoms with E-state index in [-0.39, 0.29) is 18.1 Å². The number of fused-ring (bicyclic) bond motifs is 4. The van der Waals surface area contributed by atoms with E-state index in [1.54, 1.807) is 0 Å². The van der Waals surface area contributed by atoms with Crippen molar-refractivity contribution in [2.45, 2.75) is 42.1 Å². The first-order valence-corrected chi connectivity index (χ1v) is 15.5. The van der Waals surface area contributed by atoms with Crippen LogP contribution < -0.4 is 0 Å². The van der Waals surface area contributed by atoms with Crippen molar-refractivity contribution in [3.05, 3.63) is 132 Å². The molecule has 1 aliphatic heterocycles. The lowest BCUT2D eigenvalue weighted by molar-refractivity contribution is -0.147. The molecule has 42 heavy (non-hydrogen) atoms. The van der Waals surface area contributed by atoms with E-state index in [2.05, 4.69) is 137 Å². The summed E-state index contributed by atoms with van der Waals surface area (Å²) < 4.78 is 12.8. The quantitative estimate of drug-likeness (QED) is 0.0842. The summed E-state index contributed by atoms with van der Waals surface area (Å²) in [7, 11) is 0. The molecule has 1 heterocycles. The third-order valence-electron chi connectivity index (χ3n) is 9.50. The average Bonchev–Trinajstić information content (AvgIpc) is 3.37. The van der Waals surface area contributed by atoms with Gasteiger partial charge in [0, 0.05) is 5.92 Å². The molecule has 204 valence electrons. The maximum atomic E-state index is 6.70. The van der Waals surface area contributed by atoms with Gasteiger partial charge in [-0.25, -0.2) is 0 Å². The zero-order valence-corrected chi connectivity index (χ0v) is 25.1. The number of ether oxygens (including phenoxy) is 2. The first-order valence-electron chi connectivity index (χ1n) is 14.7. The second kappa shape index (κ2) is 8.64. The van der Waals surface area contributed by atoms with Crippen molar-refractivity contribution in [3.63, 3.8) is 0 Å². The molecule has 2 nitrogen and oxygen atoms in total. The molecule has 3 aliphatic carbocycles. The van der Waals surface area contributed by atoms with Crippen molar-refractivity contribution in [3.8, 4) is 22.3 Å². The molecule has 0 radical (unpaired) electrons. The van der Waals surface area contributed by atoms with E-state index >= 15 is 0 Å². The van der Waals surface area contributed by atoms with Gasteiger partial charge >= 0.3 is 0 Å². The third-order valence-corrected chi connectivity index (χ3v) is 10.6. The summed E-state index contributed by atoms with van der Waals surface area (Å²) >= 11 is 4.33. The van der Waals surface area contributed by atoms with E-state index in [0.717, 1.165) is 0 Å².